The van der Waals surface area contributed by atoms with Crippen molar-refractivity contribution in [2.24, 2.45) is 0 Å². The van der Waals surface area contributed by atoms with Gasteiger partial charge in [-0.3, -0.25) is 4.79 Å². The molecule has 0 aliphatic carbocycles. The zero-order valence-corrected chi connectivity index (χ0v) is 11.9. The summed E-state index contributed by atoms with van der Waals surface area (Å²) in [5.74, 6) is 0.143. The largest absolute Gasteiger partial charge is 0.378 e. The first-order chi connectivity index (χ1) is 8.60. The van der Waals surface area contributed by atoms with Gasteiger partial charge in [0.05, 0.1) is 0 Å². The maximum Gasteiger partial charge on any atom is 0.253 e. The second-order valence-electron chi connectivity index (χ2n) is 4.73. The Labute approximate surface area is 110 Å². The van der Waals surface area contributed by atoms with Crippen molar-refractivity contribution in [2.45, 2.75) is 26.7 Å². The molecular weight excluding hydrogens is 224 g/mol. The fraction of sp³-hybridized carbons (Fsp3) is 0.533. The Balaban J connectivity index is 2.81. The van der Waals surface area contributed by atoms with E-state index < -0.39 is 0 Å². The Morgan fingerprint density at radius 2 is 1.50 bits per heavy atom. The number of hydrogen-bond donors (Lipinski definition) is 0. The average Bonchev–Trinajstić information content (AvgIpc) is 2.38. The number of amides is 1. The molecule has 1 aromatic carbocycles. The highest BCUT2D eigenvalue weighted by atomic mass is 16.2. The summed E-state index contributed by atoms with van der Waals surface area (Å²) in [6.45, 7) is 5.88. The lowest BCUT2D eigenvalue weighted by atomic mass is 10.1. The number of carbonyl (C=O) groups excluding carboxylic acids is 1. The molecule has 18 heavy (non-hydrogen) atoms. The molecule has 0 saturated heterocycles. The molecule has 0 bridgehead atoms. The predicted molar refractivity (Wildman–Crippen MR) is 77.3 cm³/mol. The Morgan fingerprint density at radius 3 is 1.89 bits per heavy atom. The Morgan fingerprint density at radius 1 is 1.00 bits per heavy atom. The first kappa shape index (κ1) is 14.6. The zero-order valence-electron chi connectivity index (χ0n) is 11.9. The van der Waals surface area contributed by atoms with Gasteiger partial charge in [0.1, 0.15) is 0 Å². The van der Waals surface area contributed by atoms with Crippen LogP contribution in [0.3, 0.4) is 0 Å². The third-order valence-corrected chi connectivity index (χ3v) is 2.90. The van der Waals surface area contributed by atoms with Crippen LogP contribution < -0.4 is 4.90 Å². The summed E-state index contributed by atoms with van der Waals surface area (Å²) in [6, 6.07) is 7.80. The van der Waals surface area contributed by atoms with E-state index in [9.17, 15) is 4.79 Å². The minimum atomic E-state index is 0.143. The lowest BCUT2D eigenvalue weighted by molar-refractivity contribution is 0.0755. The van der Waals surface area contributed by atoms with E-state index in [-0.39, 0.29) is 5.91 Å². The lowest BCUT2D eigenvalue weighted by Crippen LogP contribution is -2.32. The molecule has 1 amide bonds. The molecule has 3 heteroatoms. The average molecular weight is 248 g/mol. The van der Waals surface area contributed by atoms with E-state index in [0.29, 0.717) is 0 Å². The third kappa shape index (κ3) is 3.76. The third-order valence-electron chi connectivity index (χ3n) is 2.90. The summed E-state index contributed by atoms with van der Waals surface area (Å²) >= 11 is 0. The van der Waals surface area contributed by atoms with E-state index in [4.69, 9.17) is 0 Å². The summed E-state index contributed by atoms with van der Waals surface area (Å²) < 4.78 is 0. The number of hydrogen-bond acceptors (Lipinski definition) is 2. The van der Waals surface area contributed by atoms with Crippen molar-refractivity contribution in [3.05, 3.63) is 29.8 Å². The summed E-state index contributed by atoms with van der Waals surface area (Å²) in [5, 5.41) is 0. The van der Waals surface area contributed by atoms with Crippen molar-refractivity contribution in [3.63, 3.8) is 0 Å². The summed E-state index contributed by atoms with van der Waals surface area (Å²) in [7, 11) is 3.99. The maximum atomic E-state index is 12.3. The van der Waals surface area contributed by atoms with Gasteiger partial charge < -0.3 is 9.80 Å². The van der Waals surface area contributed by atoms with Gasteiger partial charge in [0.25, 0.3) is 5.91 Å². The second kappa shape index (κ2) is 7.04. The van der Waals surface area contributed by atoms with Crippen molar-refractivity contribution in [1.29, 1.82) is 0 Å². The van der Waals surface area contributed by atoms with Gasteiger partial charge >= 0.3 is 0 Å². The molecular formula is C15H24N2O. The molecule has 0 atom stereocenters. The number of nitrogens with zero attached hydrogens (tertiary/aromatic N) is 2. The van der Waals surface area contributed by atoms with Gasteiger partial charge in [0, 0.05) is 38.4 Å². The lowest BCUT2D eigenvalue weighted by Gasteiger charge is -2.22. The molecule has 0 spiro atoms. The normalized spacial score (nSPS) is 10.2. The van der Waals surface area contributed by atoms with Crippen LogP contribution >= 0.6 is 0 Å². The summed E-state index contributed by atoms with van der Waals surface area (Å²) in [5.41, 5.74) is 1.89. The van der Waals surface area contributed by atoms with Crippen molar-refractivity contribution in [3.8, 4) is 0 Å². The molecule has 0 aliphatic rings. The monoisotopic (exact) mass is 248 g/mol. The molecule has 0 aliphatic heterocycles. The van der Waals surface area contributed by atoms with Crippen LogP contribution in [-0.4, -0.2) is 38.0 Å². The van der Waals surface area contributed by atoms with Crippen LogP contribution in [-0.2, 0) is 0 Å². The smallest absolute Gasteiger partial charge is 0.253 e. The summed E-state index contributed by atoms with van der Waals surface area (Å²) in [6.07, 6.45) is 2.00. The SMILES string of the molecule is CCCN(CCC)C(=O)c1ccc(N(C)C)cc1. The number of rotatable bonds is 6. The van der Waals surface area contributed by atoms with Crippen LogP contribution in [0.1, 0.15) is 37.0 Å². The number of carbonyl (C=O) groups is 1. The molecule has 0 heterocycles. The van der Waals surface area contributed by atoms with Crippen LogP contribution in [0.5, 0.6) is 0 Å². The number of anilines is 1. The van der Waals surface area contributed by atoms with E-state index >= 15 is 0 Å². The van der Waals surface area contributed by atoms with Crippen molar-refractivity contribution in [2.75, 3.05) is 32.1 Å². The van der Waals surface area contributed by atoms with Gasteiger partial charge in [0.15, 0.2) is 0 Å². The van der Waals surface area contributed by atoms with Gasteiger partial charge in [0.2, 0.25) is 0 Å². The van der Waals surface area contributed by atoms with Crippen molar-refractivity contribution < 1.29 is 4.79 Å². The quantitative estimate of drug-likeness (QED) is 0.772. The molecule has 0 fully saturated rings. The number of benzene rings is 1. The Kier molecular flexibility index (Phi) is 5.69. The minimum Gasteiger partial charge on any atom is -0.378 e. The van der Waals surface area contributed by atoms with Crippen LogP contribution in [0.15, 0.2) is 24.3 Å². The molecule has 100 valence electrons. The second-order valence-corrected chi connectivity index (χ2v) is 4.73. The fourth-order valence-corrected chi connectivity index (χ4v) is 1.94. The van der Waals surface area contributed by atoms with Gasteiger partial charge in [-0.25, -0.2) is 0 Å². The van der Waals surface area contributed by atoms with E-state index in [1.54, 1.807) is 0 Å². The van der Waals surface area contributed by atoms with Gasteiger partial charge in [-0.2, -0.15) is 0 Å². The summed E-state index contributed by atoms with van der Waals surface area (Å²) in [4.78, 5) is 16.3. The molecule has 1 aromatic rings. The van der Waals surface area contributed by atoms with E-state index in [2.05, 4.69) is 13.8 Å². The minimum absolute atomic E-state index is 0.143. The Hall–Kier alpha value is -1.51. The van der Waals surface area contributed by atoms with E-state index in [0.717, 1.165) is 37.2 Å². The van der Waals surface area contributed by atoms with Crippen molar-refractivity contribution in [1.82, 2.24) is 4.90 Å². The fourth-order valence-electron chi connectivity index (χ4n) is 1.94. The highest BCUT2D eigenvalue weighted by Crippen LogP contribution is 2.14. The van der Waals surface area contributed by atoms with E-state index in [1.165, 1.54) is 0 Å². The first-order valence-electron chi connectivity index (χ1n) is 6.66. The van der Waals surface area contributed by atoms with Gasteiger partial charge in [-0.1, -0.05) is 13.8 Å². The van der Waals surface area contributed by atoms with Gasteiger partial charge in [-0.05, 0) is 37.1 Å². The van der Waals surface area contributed by atoms with Gasteiger partial charge in [-0.15, -0.1) is 0 Å². The van der Waals surface area contributed by atoms with Crippen molar-refractivity contribution >= 4 is 11.6 Å². The highest BCUT2D eigenvalue weighted by molar-refractivity contribution is 5.94. The van der Waals surface area contributed by atoms with E-state index in [1.807, 2.05) is 48.2 Å². The topological polar surface area (TPSA) is 23.6 Å². The molecule has 3 nitrogen and oxygen atoms in total. The van der Waals surface area contributed by atoms with Crippen LogP contribution in [0.2, 0.25) is 0 Å². The molecule has 1 rings (SSSR count). The van der Waals surface area contributed by atoms with Crippen LogP contribution in [0, 0.1) is 0 Å². The maximum absolute atomic E-state index is 12.3. The van der Waals surface area contributed by atoms with Crippen LogP contribution in [0.25, 0.3) is 0 Å². The van der Waals surface area contributed by atoms with Crippen LogP contribution in [0.4, 0.5) is 5.69 Å². The molecule has 0 radical (unpaired) electrons. The standard InChI is InChI=1S/C15H24N2O/c1-5-11-17(12-6-2)15(18)13-7-9-14(10-8-13)16(3)4/h7-10H,5-6,11-12H2,1-4H3. The molecule has 0 unspecified atom stereocenters. The molecule has 0 aromatic heterocycles. The zero-order chi connectivity index (χ0) is 13.5. The first-order valence-corrected chi connectivity index (χ1v) is 6.66. The molecule has 0 saturated carbocycles. The predicted octanol–water partition coefficient (Wildman–Crippen LogP) is 3.01. The Bertz CT molecular complexity index is 365. The highest BCUT2D eigenvalue weighted by Gasteiger charge is 2.13. The molecule has 0 N–H and O–H groups in total.